The van der Waals surface area contributed by atoms with Crippen molar-refractivity contribution in [3.63, 3.8) is 0 Å². The maximum Gasteiger partial charge on any atom is 0.166 e. The average Bonchev–Trinajstić information content (AvgIpc) is 2.69. The molecule has 2 N–H and O–H groups in total. The molecule has 1 aromatic carbocycles. The molecule has 15 heavy (non-hydrogen) atoms. The largest absolute Gasteiger partial charge is 0.506 e. The summed E-state index contributed by atoms with van der Waals surface area (Å²) in [6, 6.07) is 0.790. The third-order valence-corrected chi connectivity index (χ3v) is 2.94. The van der Waals surface area contributed by atoms with Gasteiger partial charge in [-0.2, -0.15) is 0 Å². The predicted molar refractivity (Wildman–Crippen MR) is 53.3 cm³/mol. The van der Waals surface area contributed by atoms with Crippen molar-refractivity contribution in [1.29, 1.82) is 0 Å². The van der Waals surface area contributed by atoms with Gasteiger partial charge in [0.05, 0.1) is 5.02 Å². The minimum absolute atomic E-state index is 0.00926. The maximum absolute atomic E-state index is 13.5. The number of phenols is 1. The van der Waals surface area contributed by atoms with E-state index in [4.69, 9.17) is 11.6 Å². The van der Waals surface area contributed by atoms with Crippen LogP contribution in [0.5, 0.6) is 5.75 Å². The summed E-state index contributed by atoms with van der Waals surface area (Å²) < 4.78 is 26.6. The van der Waals surface area contributed by atoms with E-state index in [1.54, 1.807) is 0 Å². The van der Waals surface area contributed by atoms with Gasteiger partial charge in [0, 0.05) is 18.0 Å². The first-order valence-electron chi connectivity index (χ1n) is 4.68. The van der Waals surface area contributed by atoms with E-state index in [9.17, 15) is 13.9 Å². The molecule has 0 radical (unpaired) electrons. The number of hydrogen-bond donors (Lipinski definition) is 2. The molecule has 1 saturated heterocycles. The number of phenolic OH excluding ortho intramolecular Hbond substituents is 1. The zero-order valence-corrected chi connectivity index (χ0v) is 8.61. The zero-order valence-electron chi connectivity index (χ0n) is 7.86. The number of benzene rings is 1. The number of nitrogens with one attached hydrogen (secondary N) is 1. The molecule has 0 aliphatic carbocycles. The number of aromatic hydroxyl groups is 1. The Morgan fingerprint density at radius 3 is 2.80 bits per heavy atom. The number of hydrogen-bond acceptors (Lipinski definition) is 2. The molecule has 2 nitrogen and oxygen atoms in total. The van der Waals surface area contributed by atoms with Crippen LogP contribution in [0.15, 0.2) is 6.07 Å². The molecule has 0 amide bonds. The highest BCUT2D eigenvalue weighted by atomic mass is 35.5. The quantitative estimate of drug-likeness (QED) is 0.730. The molecule has 0 aromatic heterocycles. The van der Waals surface area contributed by atoms with E-state index < -0.39 is 11.6 Å². The summed E-state index contributed by atoms with van der Waals surface area (Å²) in [7, 11) is 0. The third kappa shape index (κ3) is 1.79. The molecule has 2 rings (SSSR count). The van der Waals surface area contributed by atoms with E-state index in [1.165, 1.54) is 0 Å². The lowest BCUT2D eigenvalue weighted by atomic mass is 9.96. The fraction of sp³-hybridized carbons (Fsp3) is 0.400. The lowest BCUT2D eigenvalue weighted by Crippen LogP contribution is -2.10. The van der Waals surface area contributed by atoms with E-state index in [0.717, 1.165) is 12.6 Å². The van der Waals surface area contributed by atoms with Gasteiger partial charge in [0.25, 0.3) is 0 Å². The van der Waals surface area contributed by atoms with E-state index in [0.29, 0.717) is 13.0 Å². The normalized spacial score (nSPS) is 20.9. The van der Waals surface area contributed by atoms with Crippen molar-refractivity contribution in [1.82, 2.24) is 5.32 Å². The fourth-order valence-electron chi connectivity index (χ4n) is 1.88. The zero-order chi connectivity index (χ0) is 11.0. The highest BCUT2D eigenvalue weighted by Crippen LogP contribution is 2.38. The van der Waals surface area contributed by atoms with Crippen molar-refractivity contribution in [2.24, 2.45) is 0 Å². The summed E-state index contributed by atoms with van der Waals surface area (Å²) in [5.41, 5.74) is -0.00926. The van der Waals surface area contributed by atoms with Crippen LogP contribution in [0.2, 0.25) is 5.02 Å². The molecular weight excluding hydrogens is 224 g/mol. The Bertz CT molecular complexity index is 365. The van der Waals surface area contributed by atoms with Crippen LogP contribution in [-0.2, 0) is 0 Å². The summed E-state index contributed by atoms with van der Waals surface area (Å²) in [6.45, 7) is 1.27. The lowest BCUT2D eigenvalue weighted by molar-refractivity contribution is 0.433. The van der Waals surface area contributed by atoms with Gasteiger partial charge in [-0.3, -0.25) is 0 Å². The van der Waals surface area contributed by atoms with Gasteiger partial charge in [-0.05, 0) is 19.0 Å². The van der Waals surface area contributed by atoms with Gasteiger partial charge >= 0.3 is 0 Å². The number of rotatable bonds is 1. The Morgan fingerprint density at radius 2 is 2.20 bits per heavy atom. The Balaban J connectivity index is 2.52. The van der Waals surface area contributed by atoms with Gasteiger partial charge in [0.2, 0.25) is 0 Å². The second-order valence-electron chi connectivity index (χ2n) is 3.61. The van der Waals surface area contributed by atoms with Crippen LogP contribution in [0, 0.1) is 11.6 Å². The molecule has 5 heteroatoms. The molecule has 0 bridgehead atoms. The summed E-state index contributed by atoms with van der Waals surface area (Å²) in [5.74, 6) is -2.56. The van der Waals surface area contributed by atoms with Gasteiger partial charge in [-0.1, -0.05) is 11.6 Å². The Kier molecular flexibility index (Phi) is 2.80. The molecule has 1 aliphatic heterocycles. The summed E-state index contributed by atoms with van der Waals surface area (Å²) in [4.78, 5) is 0. The molecule has 1 atom stereocenters. The highest BCUT2D eigenvalue weighted by molar-refractivity contribution is 6.32. The van der Waals surface area contributed by atoms with Gasteiger partial charge in [0.1, 0.15) is 5.75 Å². The van der Waals surface area contributed by atoms with Crippen molar-refractivity contribution in [2.45, 2.75) is 12.3 Å². The summed E-state index contributed by atoms with van der Waals surface area (Å²) in [5, 5.41) is 12.5. The van der Waals surface area contributed by atoms with Gasteiger partial charge in [-0.25, -0.2) is 8.78 Å². The summed E-state index contributed by atoms with van der Waals surface area (Å²) >= 11 is 5.59. The standard InChI is InChI=1S/C10H10ClF2NO/c11-6-3-7(12)9(13)8(10(6)15)5-1-2-14-4-5/h3,5,14-15H,1-2,4H2. The molecular formula is C10H10ClF2NO. The molecule has 0 spiro atoms. The second kappa shape index (κ2) is 3.94. The van der Waals surface area contributed by atoms with Crippen LogP contribution in [0.1, 0.15) is 17.9 Å². The second-order valence-corrected chi connectivity index (χ2v) is 4.01. The fourth-order valence-corrected chi connectivity index (χ4v) is 2.08. The van der Waals surface area contributed by atoms with E-state index in [2.05, 4.69) is 5.32 Å². The van der Waals surface area contributed by atoms with Crippen molar-refractivity contribution < 1.29 is 13.9 Å². The van der Waals surface area contributed by atoms with Gasteiger partial charge in [0.15, 0.2) is 11.6 Å². The molecule has 82 valence electrons. The molecule has 1 unspecified atom stereocenters. The van der Waals surface area contributed by atoms with Gasteiger partial charge in [-0.15, -0.1) is 0 Å². The monoisotopic (exact) mass is 233 g/mol. The first-order chi connectivity index (χ1) is 7.11. The van der Waals surface area contributed by atoms with Crippen LogP contribution >= 0.6 is 11.6 Å². The maximum atomic E-state index is 13.5. The van der Waals surface area contributed by atoms with E-state index in [-0.39, 0.29) is 22.3 Å². The van der Waals surface area contributed by atoms with Crippen molar-refractivity contribution in [3.05, 3.63) is 28.3 Å². The first kappa shape index (κ1) is 10.6. The van der Waals surface area contributed by atoms with Crippen molar-refractivity contribution in [3.8, 4) is 5.75 Å². The van der Waals surface area contributed by atoms with Gasteiger partial charge < -0.3 is 10.4 Å². The SMILES string of the molecule is Oc1c(Cl)cc(F)c(F)c1C1CCNC1. The minimum Gasteiger partial charge on any atom is -0.506 e. The third-order valence-electron chi connectivity index (χ3n) is 2.65. The Morgan fingerprint density at radius 1 is 1.47 bits per heavy atom. The summed E-state index contributed by atoms with van der Waals surface area (Å²) in [6.07, 6.45) is 0.671. The smallest absolute Gasteiger partial charge is 0.166 e. The Hall–Kier alpha value is -0.870. The Labute approximate surface area is 90.9 Å². The van der Waals surface area contributed by atoms with Crippen LogP contribution in [0.25, 0.3) is 0 Å². The molecule has 0 saturated carbocycles. The topological polar surface area (TPSA) is 32.3 Å². The molecule has 1 aliphatic rings. The van der Waals surface area contributed by atoms with Crippen molar-refractivity contribution >= 4 is 11.6 Å². The molecule has 1 fully saturated rings. The number of halogens is 3. The predicted octanol–water partition coefficient (Wildman–Crippen LogP) is 2.40. The molecule has 1 heterocycles. The van der Waals surface area contributed by atoms with Crippen LogP contribution in [-0.4, -0.2) is 18.2 Å². The minimum atomic E-state index is -1.01. The van der Waals surface area contributed by atoms with Crippen LogP contribution < -0.4 is 5.32 Å². The van der Waals surface area contributed by atoms with E-state index >= 15 is 0 Å². The van der Waals surface area contributed by atoms with E-state index in [1.807, 2.05) is 0 Å². The molecule has 1 aromatic rings. The highest BCUT2D eigenvalue weighted by Gasteiger charge is 2.26. The van der Waals surface area contributed by atoms with Crippen molar-refractivity contribution in [2.75, 3.05) is 13.1 Å². The van der Waals surface area contributed by atoms with Crippen LogP contribution in [0.3, 0.4) is 0 Å². The average molecular weight is 234 g/mol. The van der Waals surface area contributed by atoms with Crippen LogP contribution in [0.4, 0.5) is 8.78 Å². The first-order valence-corrected chi connectivity index (χ1v) is 5.06. The lowest BCUT2D eigenvalue weighted by Gasteiger charge is -2.13.